The van der Waals surface area contributed by atoms with Crippen molar-refractivity contribution in [3.63, 3.8) is 0 Å². The molecule has 1 aliphatic carbocycles. The molecule has 1 aliphatic rings. The minimum atomic E-state index is -0.0810. The molecule has 11 heavy (non-hydrogen) atoms. The van der Waals surface area contributed by atoms with E-state index in [9.17, 15) is 0 Å². The monoisotopic (exact) mass is 152 g/mol. The molecule has 0 bridgehead atoms. The lowest BCUT2D eigenvalue weighted by molar-refractivity contribution is 0.431. The number of nitrogens with two attached hydrogens (primary N) is 1. The van der Waals surface area contributed by atoms with Gasteiger partial charge in [0.1, 0.15) is 5.76 Å². The summed E-state index contributed by atoms with van der Waals surface area (Å²) in [7, 11) is 0. The lowest BCUT2D eigenvalue weighted by atomic mass is 10.3. The second-order valence-corrected chi connectivity index (χ2v) is 3.16. The summed E-state index contributed by atoms with van der Waals surface area (Å²) >= 11 is 0. The predicted octanol–water partition coefficient (Wildman–Crippen LogP) is 1.57. The fraction of sp³-hybridized carbons (Fsp3) is 0.625. The van der Waals surface area contributed by atoms with Crippen molar-refractivity contribution in [3.8, 4) is 0 Å². The van der Waals surface area contributed by atoms with Gasteiger partial charge in [-0.05, 0) is 19.8 Å². The molecule has 2 N–H and O–H groups in total. The van der Waals surface area contributed by atoms with Crippen LogP contribution in [0.25, 0.3) is 0 Å². The lowest BCUT2D eigenvalue weighted by Gasteiger charge is -1.95. The number of oxazole rings is 1. The van der Waals surface area contributed by atoms with Crippen molar-refractivity contribution in [1.82, 2.24) is 4.98 Å². The summed E-state index contributed by atoms with van der Waals surface area (Å²) in [5.41, 5.74) is 5.59. The van der Waals surface area contributed by atoms with Gasteiger partial charge in [0.25, 0.3) is 0 Å². The molecule has 1 atom stereocenters. The molecule has 0 amide bonds. The van der Waals surface area contributed by atoms with E-state index >= 15 is 0 Å². The lowest BCUT2D eigenvalue weighted by Crippen LogP contribution is -2.04. The predicted molar refractivity (Wildman–Crippen MR) is 41.1 cm³/mol. The molecule has 0 aliphatic heterocycles. The van der Waals surface area contributed by atoms with E-state index < -0.39 is 0 Å². The van der Waals surface area contributed by atoms with Crippen molar-refractivity contribution < 1.29 is 4.42 Å². The first-order valence-electron chi connectivity index (χ1n) is 3.98. The minimum Gasteiger partial charge on any atom is -0.444 e. The molecule has 0 aromatic carbocycles. The zero-order valence-corrected chi connectivity index (χ0v) is 6.58. The highest BCUT2D eigenvalue weighted by Crippen LogP contribution is 2.40. The van der Waals surface area contributed by atoms with E-state index in [1.807, 2.05) is 6.92 Å². The summed E-state index contributed by atoms with van der Waals surface area (Å²) in [5.74, 6) is 2.30. The Labute approximate surface area is 65.6 Å². The fourth-order valence-corrected chi connectivity index (χ4v) is 1.07. The molecule has 60 valence electrons. The first-order valence-corrected chi connectivity index (χ1v) is 3.98. The molecular formula is C8H12N2O. The molecule has 0 radical (unpaired) electrons. The first kappa shape index (κ1) is 6.85. The van der Waals surface area contributed by atoms with Crippen molar-refractivity contribution >= 4 is 0 Å². The van der Waals surface area contributed by atoms with Gasteiger partial charge in [-0.1, -0.05) is 0 Å². The number of nitrogens with zero attached hydrogens (tertiary/aromatic N) is 1. The molecule has 3 nitrogen and oxygen atoms in total. The van der Waals surface area contributed by atoms with Crippen LogP contribution < -0.4 is 5.73 Å². The van der Waals surface area contributed by atoms with Gasteiger partial charge in [0.15, 0.2) is 0 Å². The average molecular weight is 152 g/mol. The Morgan fingerprint density at radius 3 is 2.91 bits per heavy atom. The zero-order valence-electron chi connectivity index (χ0n) is 6.58. The van der Waals surface area contributed by atoms with Gasteiger partial charge in [0.2, 0.25) is 5.89 Å². The highest BCUT2D eigenvalue weighted by molar-refractivity contribution is 5.09. The van der Waals surface area contributed by atoms with Crippen molar-refractivity contribution in [2.75, 3.05) is 0 Å². The van der Waals surface area contributed by atoms with Crippen molar-refractivity contribution in [2.24, 2.45) is 5.73 Å². The van der Waals surface area contributed by atoms with Crippen LogP contribution in [0.3, 0.4) is 0 Å². The Balaban J connectivity index is 2.18. The van der Waals surface area contributed by atoms with Gasteiger partial charge in [-0.25, -0.2) is 4.98 Å². The molecule has 1 aromatic rings. The van der Waals surface area contributed by atoms with Gasteiger partial charge < -0.3 is 10.2 Å². The van der Waals surface area contributed by atoms with E-state index in [-0.39, 0.29) is 6.04 Å². The smallest absolute Gasteiger partial charge is 0.211 e. The van der Waals surface area contributed by atoms with E-state index in [0.29, 0.717) is 11.8 Å². The Kier molecular flexibility index (Phi) is 1.46. The second kappa shape index (κ2) is 2.34. The van der Waals surface area contributed by atoms with Crippen molar-refractivity contribution in [2.45, 2.75) is 31.7 Å². The van der Waals surface area contributed by atoms with Crippen molar-refractivity contribution in [1.29, 1.82) is 0 Å². The summed E-state index contributed by atoms with van der Waals surface area (Å²) in [4.78, 5) is 4.09. The highest BCUT2D eigenvalue weighted by atomic mass is 16.4. The van der Waals surface area contributed by atoms with Gasteiger partial charge in [-0.3, -0.25) is 0 Å². The molecule has 1 saturated carbocycles. The highest BCUT2D eigenvalue weighted by Gasteiger charge is 2.27. The number of rotatable bonds is 2. The van der Waals surface area contributed by atoms with Gasteiger partial charge in [0, 0.05) is 5.92 Å². The van der Waals surface area contributed by atoms with E-state index in [0.717, 1.165) is 5.76 Å². The van der Waals surface area contributed by atoms with Gasteiger partial charge in [-0.15, -0.1) is 0 Å². The maximum atomic E-state index is 5.59. The van der Waals surface area contributed by atoms with Crippen LogP contribution in [0.15, 0.2) is 10.6 Å². The summed E-state index contributed by atoms with van der Waals surface area (Å²) in [6.45, 7) is 1.88. The minimum absolute atomic E-state index is 0.0810. The van der Waals surface area contributed by atoms with Crippen LogP contribution in [0, 0.1) is 0 Å². The van der Waals surface area contributed by atoms with E-state index in [4.69, 9.17) is 10.2 Å². The molecule has 3 heteroatoms. The molecule has 0 spiro atoms. The number of hydrogen-bond donors (Lipinski definition) is 1. The summed E-state index contributed by atoms with van der Waals surface area (Å²) in [6.07, 6.45) is 4.29. The maximum absolute atomic E-state index is 5.59. The third-order valence-corrected chi connectivity index (χ3v) is 1.91. The quantitative estimate of drug-likeness (QED) is 0.699. The number of hydrogen-bond acceptors (Lipinski definition) is 3. The second-order valence-electron chi connectivity index (χ2n) is 3.16. The SMILES string of the molecule is CC(N)c1ncc(C2CC2)o1. The molecular weight excluding hydrogens is 140 g/mol. The van der Waals surface area contributed by atoms with Gasteiger partial charge in [-0.2, -0.15) is 0 Å². The normalized spacial score (nSPS) is 20.2. The third kappa shape index (κ3) is 1.28. The van der Waals surface area contributed by atoms with Gasteiger partial charge in [0.05, 0.1) is 12.2 Å². The Morgan fingerprint density at radius 2 is 2.45 bits per heavy atom. The Bertz CT molecular complexity index is 234. The van der Waals surface area contributed by atoms with E-state index in [1.54, 1.807) is 6.20 Å². The molecule has 0 saturated heterocycles. The van der Waals surface area contributed by atoms with Crippen LogP contribution in [0.2, 0.25) is 0 Å². The summed E-state index contributed by atoms with van der Waals surface area (Å²) in [6, 6.07) is -0.0810. The van der Waals surface area contributed by atoms with Crippen LogP contribution in [0.4, 0.5) is 0 Å². The topological polar surface area (TPSA) is 52.0 Å². The molecule has 1 heterocycles. The standard InChI is InChI=1S/C8H12N2O/c1-5(9)8-10-4-7(11-8)6-2-3-6/h4-6H,2-3,9H2,1H3. The van der Waals surface area contributed by atoms with E-state index in [1.165, 1.54) is 12.8 Å². The Hall–Kier alpha value is -0.830. The largest absolute Gasteiger partial charge is 0.444 e. The van der Waals surface area contributed by atoms with Crippen LogP contribution in [-0.4, -0.2) is 4.98 Å². The third-order valence-electron chi connectivity index (χ3n) is 1.91. The maximum Gasteiger partial charge on any atom is 0.211 e. The molecule has 2 rings (SSSR count). The average Bonchev–Trinajstić information content (AvgIpc) is 2.68. The molecule has 1 unspecified atom stereocenters. The van der Waals surface area contributed by atoms with Crippen molar-refractivity contribution in [3.05, 3.63) is 17.8 Å². The summed E-state index contributed by atoms with van der Waals surface area (Å²) in [5, 5.41) is 0. The molecule has 1 aromatic heterocycles. The van der Waals surface area contributed by atoms with Crippen LogP contribution >= 0.6 is 0 Å². The van der Waals surface area contributed by atoms with E-state index in [2.05, 4.69) is 4.98 Å². The van der Waals surface area contributed by atoms with Crippen LogP contribution in [-0.2, 0) is 0 Å². The van der Waals surface area contributed by atoms with Crippen LogP contribution in [0.1, 0.15) is 43.4 Å². The fourth-order valence-electron chi connectivity index (χ4n) is 1.07. The first-order chi connectivity index (χ1) is 5.27. The van der Waals surface area contributed by atoms with Crippen LogP contribution in [0.5, 0.6) is 0 Å². The number of aromatic nitrogens is 1. The summed E-state index contributed by atoms with van der Waals surface area (Å²) < 4.78 is 5.43. The van der Waals surface area contributed by atoms with Gasteiger partial charge >= 0.3 is 0 Å². The zero-order chi connectivity index (χ0) is 7.84. The molecule has 1 fully saturated rings. The Morgan fingerprint density at radius 1 is 1.73 bits per heavy atom.